The minimum Gasteiger partial charge on any atom is -0.490 e. The topological polar surface area (TPSA) is 186 Å². The molecule has 0 aliphatic carbocycles. The number of rotatable bonds is 16. The summed E-state index contributed by atoms with van der Waals surface area (Å²) in [6.07, 6.45) is 0.319. The van der Waals surface area contributed by atoms with Gasteiger partial charge in [-0.05, 0) is 79.9 Å². The number of nitrogens with one attached hydrogen (secondary N) is 3. The molecule has 0 saturated heterocycles. The molecule has 254 valence electrons. The van der Waals surface area contributed by atoms with Crippen LogP contribution >= 0.6 is 0 Å². The molecule has 14 nitrogen and oxygen atoms in total. The highest BCUT2D eigenvalue weighted by atomic mass is 16.5. The van der Waals surface area contributed by atoms with E-state index in [0.29, 0.717) is 53.0 Å². The molecule has 3 aromatic rings. The van der Waals surface area contributed by atoms with Crippen molar-refractivity contribution in [2.45, 2.75) is 39.6 Å². The summed E-state index contributed by atoms with van der Waals surface area (Å²) in [5, 5.41) is 29.0. The summed E-state index contributed by atoms with van der Waals surface area (Å²) in [6, 6.07) is 15.4. The third kappa shape index (κ3) is 9.16. The third-order valence-corrected chi connectivity index (χ3v) is 6.97. The molecule has 0 spiro atoms. The summed E-state index contributed by atoms with van der Waals surface area (Å²) in [4.78, 5) is 35.7. The lowest BCUT2D eigenvalue weighted by Crippen LogP contribution is -2.45. The van der Waals surface area contributed by atoms with Crippen molar-refractivity contribution >= 4 is 24.2 Å². The van der Waals surface area contributed by atoms with Crippen LogP contribution in [0.25, 0.3) is 0 Å². The van der Waals surface area contributed by atoms with Gasteiger partial charge in [0.2, 0.25) is 0 Å². The summed E-state index contributed by atoms with van der Waals surface area (Å²) in [5.74, 6) is 0.102. The molecule has 1 heterocycles. The third-order valence-electron chi connectivity index (χ3n) is 6.97. The minimum atomic E-state index is -1.18. The molecule has 0 saturated carbocycles. The second-order valence-electron chi connectivity index (χ2n) is 10.3. The van der Waals surface area contributed by atoms with Crippen LogP contribution in [0.15, 0.2) is 77.0 Å². The highest BCUT2D eigenvalue weighted by Crippen LogP contribution is 2.35. The Kier molecular flexibility index (Phi) is 12.2. The highest BCUT2D eigenvalue weighted by Gasteiger charge is 2.32. The van der Waals surface area contributed by atoms with E-state index in [1.807, 2.05) is 6.92 Å². The molecule has 4 rings (SSSR count). The first-order chi connectivity index (χ1) is 23.1. The number of amides is 2. The SMILES string of the molecule is CCOc1cc(/C=N\N[C@@H](O)COc2ccc([C@@H]3NC(=O)NC(C)=C3C(=O)OC)cc2OCC)ccc1OCc1ccc(C(=O)O)cc1. The normalized spacial score (nSPS) is 14.9. The predicted octanol–water partition coefficient (Wildman–Crippen LogP) is 3.88. The predicted molar refractivity (Wildman–Crippen MR) is 174 cm³/mol. The maximum Gasteiger partial charge on any atom is 0.337 e. The maximum atomic E-state index is 12.5. The summed E-state index contributed by atoms with van der Waals surface area (Å²) in [6.45, 7) is 6.02. The van der Waals surface area contributed by atoms with Crippen LogP contribution in [0.1, 0.15) is 53.9 Å². The molecule has 14 heteroatoms. The van der Waals surface area contributed by atoms with Gasteiger partial charge in [-0.1, -0.05) is 18.2 Å². The molecule has 0 aromatic heterocycles. The molecule has 0 unspecified atom stereocenters. The van der Waals surface area contributed by atoms with E-state index in [1.54, 1.807) is 62.4 Å². The van der Waals surface area contributed by atoms with Crippen LogP contribution in [0.2, 0.25) is 0 Å². The molecule has 3 aromatic carbocycles. The molecule has 1 aliphatic rings. The molecule has 1 aliphatic heterocycles. The van der Waals surface area contributed by atoms with E-state index in [4.69, 9.17) is 28.8 Å². The van der Waals surface area contributed by atoms with Gasteiger partial charge in [0.05, 0.1) is 43.7 Å². The van der Waals surface area contributed by atoms with Gasteiger partial charge in [-0.15, -0.1) is 0 Å². The zero-order valence-corrected chi connectivity index (χ0v) is 26.9. The first-order valence-electron chi connectivity index (χ1n) is 15.1. The van der Waals surface area contributed by atoms with Crippen LogP contribution < -0.4 is 35.0 Å². The lowest BCUT2D eigenvalue weighted by molar-refractivity contribution is -0.136. The van der Waals surface area contributed by atoms with Crippen molar-refractivity contribution in [2.75, 3.05) is 26.9 Å². The van der Waals surface area contributed by atoms with Crippen molar-refractivity contribution in [2.24, 2.45) is 5.10 Å². The first-order valence-corrected chi connectivity index (χ1v) is 15.1. The van der Waals surface area contributed by atoms with Crippen LogP contribution in [0, 0.1) is 0 Å². The van der Waals surface area contributed by atoms with Gasteiger partial charge in [0.15, 0.2) is 29.2 Å². The number of aliphatic hydroxyl groups is 1. The molecule has 2 atom stereocenters. The molecule has 0 bridgehead atoms. The van der Waals surface area contributed by atoms with E-state index < -0.39 is 30.2 Å². The number of hydrazone groups is 1. The number of carbonyl (C=O) groups is 3. The number of ether oxygens (including phenoxy) is 5. The second-order valence-corrected chi connectivity index (χ2v) is 10.3. The summed E-state index contributed by atoms with van der Waals surface area (Å²) >= 11 is 0. The summed E-state index contributed by atoms with van der Waals surface area (Å²) in [5.41, 5.74) is 5.48. The number of carboxylic acid groups (broad SMARTS) is 1. The first kappa shape index (κ1) is 35.1. The average Bonchev–Trinajstić information content (AvgIpc) is 3.07. The van der Waals surface area contributed by atoms with E-state index in [9.17, 15) is 19.5 Å². The Bertz CT molecular complexity index is 1670. The van der Waals surface area contributed by atoms with Crippen molar-refractivity contribution in [3.63, 3.8) is 0 Å². The Morgan fingerprint density at radius 1 is 0.938 bits per heavy atom. The number of methoxy groups -OCH3 is 1. The fraction of sp³-hybridized carbons (Fsp3) is 0.294. The highest BCUT2D eigenvalue weighted by molar-refractivity contribution is 5.95. The van der Waals surface area contributed by atoms with Crippen LogP contribution in [-0.2, 0) is 16.1 Å². The fourth-order valence-electron chi connectivity index (χ4n) is 4.72. The monoisotopic (exact) mass is 662 g/mol. The number of urea groups is 1. The van der Waals surface area contributed by atoms with Gasteiger partial charge >= 0.3 is 18.0 Å². The zero-order valence-electron chi connectivity index (χ0n) is 26.9. The van der Waals surface area contributed by atoms with E-state index in [0.717, 1.165) is 5.56 Å². The number of nitrogens with zero attached hydrogens (tertiary/aromatic N) is 1. The van der Waals surface area contributed by atoms with E-state index in [-0.39, 0.29) is 24.4 Å². The average molecular weight is 663 g/mol. The van der Waals surface area contributed by atoms with Crippen LogP contribution in [0.3, 0.4) is 0 Å². The number of esters is 1. The fourth-order valence-corrected chi connectivity index (χ4v) is 4.72. The molecular weight excluding hydrogens is 624 g/mol. The minimum absolute atomic E-state index is 0.183. The Hall–Kier alpha value is -5.76. The number of aliphatic hydroxyl groups excluding tert-OH is 1. The summed E-state index contributed by atoms with van der Waals surface area (Å²) in [7, 11) is 1.27. The molecule has 5 N–H and O–H groups in total. The zero-order chi connectivity index (χ0) is 34.6. The van der Waals surface area contributed by atoms with Gasteiger partial charge in [0.1, 0.15) is 13.2 Å². The molecule has 48 heavy (non-hydrogen) atoms. The van der Waals surface area contributed by atoms with Crippen molar-refractivity contribution in [1.82, 2.24) is 16.1 Å². The number of carboxylic acids is 1. The van der Waals surface area contributed by atoms with Crippen molar-refractivity contribution in [1.29, 1.82) is 0 Å². The lowest BCUT2D eigenvalue weighted by Gasteiger charge is -2.28. The number of hydrogen-bond donors (Lipinski definition) is 5. The Morgan fingerprint density at radius 2 is 1.60 bits per heavy atom. The Morgan fingerprint density at radius 3 is 2.27 bits per heavy atom. The van der Waals surface area contributed by atoms with E-state index in [1.165, 1.54) is 25.5 Å². The second kappa shape index (κ2) is 16.7. The van der Waals surface area contributed by atoms with Gasteiger partial charge in [-0.3, -0.25) is 5.43 Å². The van der Waals surface area contributed by atoms with E-state index >= 15 is 0 Å². The Labute approximate surface area is 277 Å². The van der Waals surface area contributed by atoms with Crippen LogP contribution in [0.5, 0.6) is 23.0 Å². The van der Waals surface area contributed by atoms with Gasteiger partial charge < -0.3 is 44.5 Å². The van der Waals surface area contributed by atoms with Crippen molar-refractivity contribution < 1.29 is 48.3 Å². The Balaban J connectivity index is 1.36. The smallest absolute Gasteiger partial charge is 0.337 e. The van der Waals surface area contributed by atoms with E-state index in [2.05, 4.69) is 21.2 Å². The molecular formula is C34H38N4O10. The van der Waals surface area contributed by atoms with Crippen molar-refractivity contribution in [3.05, 3.63) is 94.2 Å². The molecule has 0 fully saturated rings. The molecule has 2 amide bonds. The number of hydrogen-bond acceptors (Lipinski definition) is 11. The van der Waals surface area contributed by atoms with Gasteiger partial charge in [0, 0.05) is 5.70 Å². The quantitative estimate of drug-likeness (QED) is 0.0649. The van der Waals surface area contributed by atoms with Crippen LogP contribution in [0.4, 0.5) is 4.79 Å². The summed E-state index contributed by atoms with van der Waals surface area (Å²) < 4.78 is 28.1. The largest absolute Gasteiger partial charge is 0.490 e. The van der Waals surface area contributed by atoms with Gasteiger partial charge in [-0.2, -0.15) is 5.10 Å². The van der Waals surface area contributed by atoms with Gasteiger partial charge in [-0.25, -0.2) is 14.4 Å². The standard InChI is InChI=1S/C34H38N4O10/c1-5-45-27-15-22(9-13-25(27)47-18-21-7-10-23(11-8-21)32(40)41)17-35-38-29(39)19-48-26-14-12-24(16-28(26)46-6-2)31-30(33(42)44-4)20(3)36-34(43)37-31/h7-17,29,31,38-39H,5-6,18-19H2,1-4H3,(H,40,41)(H2,36,37,43)/b35-17-/t29-,31-/m0/s1. The molecule has 0 radical (unpaired) electrons. The van der Waals surface area contributed by atoms with Crippen molar-refractivity contribution in [3.8, 4) is 23.0 Å². The number of benzene rings is 3. The number of allylic oxidation sites excluding steroid dienone is 1. The van der Waals surface area contributed by atoms with Crippen LogP contribution in [-0.4, -0.2) is 67.6 Å². The van der Waals surface area contributed by atoms with Gasteiger partial charge in [0.25, 0.3) is 0 Å². The maximum absolute atomic E-state index is 12.5. The lowest BCUT2D eigenvalue weighted by atomic mass is 9.95. The number of aromatic carboxylic acids is 1. The number of carbonyl (C=O) groups excluding carboxylic acids is 2.